The van der Waals surface area contributed by atoms with Crippen molar-refractivity contribution in [2.24, 2.45) is 5.92 Å². The number of amides is 1. The standard InChI is InChI=1S/C27H29N5O5S/c1-16-6-7-17(2)24(10-16)38(35,36)31-23-12-20(13-29-26(23)37-5)19-8-9-22-21(11-19)27(34)32(15-30-22)14-18(3)25(33)28-4/h6-13,15,18,31H,14H2,1-5H3,(H,28,33)/t18-/m1/s1. The predicted octanol–water partition coefficient (Wildman–Crippen LogP) is 3.27. The van der Waals surface area contributed by atoms with E-state index in [-0.39, 0.29) is 34.5 Å². The van der Waals surface area contributed by atoms with Crippen molar-refractivity contribution in [2.45, 2.75) is 32.2 Å². The van der Waals surface area contributed by atoms with Gasteiger partial charge in [0.2, 0.25) is 11.8 Å². The van der Waals surface area contributed by atoms with E-state index in [1.54, 1.807) is 57.3 Å². The van der Waals surface area contributed by atoms with E-state index in [2.05, 4.69) is 20.0 Å². The SMILES string of the molecule is CNC(=O)[C@H](C)Cn1cnc2ccc(-c3cnc(OC)c(NS(=O)(=O)c4cc(C)ccc4C)c3)cc2c1=O. The van der Waals surface area contributed by atoms with Crippen LogP contribution in [0.5, 0.6) is 5.88 Å². The van der Waals surface area contributed by atoms with Crippen LogP contribution in [0.15, 0.2) is 64.7 Å². The van der Waals surface area contributed by atoms with Gasteiger partial charge in [-0.25, -0.2) is 18.4 Å². The number of anilines is 1. The zero-order chi connectivity index (χ0) is 27.6. The maximum Gasteiger partial charge on any atom is 0.262 e. The van der Waals surface area contributed by atoms with Crippen LogP contribution < -0.4 is 20.3 Å². The Kier molecular flexibility index (Phi) is 7.49. The van der Waals surface area contributed by atoms with Crippen LogP contribution in [0.25, 0.3) is 22.0 Å². The fourth-order valence-electron chi connectivity index (χ4n) is 4.14. The third kappa shape index (κ3) is 5.37. The van der Waals surface area contributed by atoms with Crippen molar-refractivity contribution < 1.29 is 17.9 Å². The summed E-state index contributed by atoms with van der Waals surface area (Å²) in [6.07, 6.45) is 2.97. The summed E-state index contributed by atoms with van der Waals surface area (Å²) >= 11 is 0. The van der Waals surface area contributed by atoms with Gasteiger partial charge in [-0.05, 0) is 54.8 Å². The third-order valence-corrected chi connectivity index (χ3v) is 7.75. The number of hydrogen-bond acceptors (Lipinski definition) is 7. The Bertz CT molecular complexity index is 1700. The van der Waals surface area contributed by atoms with Gasteiger partial charge in [0.25, 0.3) is 15.6 Å². The van der Waals surface area contributed by atoms with Crippen LogP contribution in [0.2, 0.25) is 0 Å². The normalized spacial score (nSPS) is 12.2. The van der Waals surface area contributed by atoms with Gasteiger partial charge in [-0.1, -0.05) is 25.1 Å². The topological polar surface area (TPSA) is 132 Å². The lowest BCUT2D eigenvalue weighted by Crippen LogP contribution is -2.32. The van der Waals surface area contributed by atoms with Gasteiger partial charge in [0.05, 0.1) is 35.2 Å². The zero-order valence-corrected chi connectivity index (χ0v) is 22.6. The Morgan fingerprint density at radius 1 is 1.08 bits per heavy atom. The number of aryl methyl sites for hydroxylation is 2. The van der Waals surface area contributed by atoms with E-state index in [0.29, 0.717) is 27.6 Å². The Labute approximate surface area is 220 Å². The summed E-state index contributed by atoms with van der Waals surface area (Å²) in [7, 11) is -0.980. The maximum absolute atomic E-state index is 13.2. The first-order valence-corrected chi connectivity index (χ1v) is 13.4. The van der Waals surface area contributed by atoms with Gasteiger partial charge in [-0.2, -0.15) is 0 Å². The van der Waals surface area contributed by atoms with Crippen molar-refractivity contribution in [1.82, 2.24) is 19.9 Å². The van der Waals surface area contributed by atoms with E-state index in [1.807, 2.05) is 13.0 Å². The molecule has 0 aliphatic heterocycles. The molecule has 38 heavy (non-hydrogen) atoms. The molecule has 0 saturated carbocycles. The molecule has 0 aliphatic carbocycles. The van der Waals surface area contributed by atoms with E-state index in [4.69, 9.17) is 4.74 Å². The van der Waals surface area contributed by atoms with Crippen LogP contribution in [0.3, 0.4) is 0 Å². The number of sulfonamides is 1. The third-order valence-electron chi connectivity index (χ3n) is 6.24. The van der Waals surface area contributed by atoms with E-state index in [9.17, 15) is 18.0 Å². The Morgan fingerprint density at radius 2 is 1.84 bits per heavy atom. The van der Waals surface area contributed by atoms with Gasteiger partial charge in [-0.3, -0.25) is 18.9 Å². The van der Waals surface area contributed by atoms with E-state index < -0.39 is 15.9 Å². The lowest BCUT2D eigenvalue weighted by molar-refractivity contribution is -0.124. The molecule has 0 aliphatic rings. The molecule has 0 saturated heterocycles. The zero-order valence-electron chi connectivity index (χ0n) is 21.8. The van der Waals surface area contributed by atoms with Crippen LogP contribution in [-0.2, 0) is 21.4 Å². The van der Waals surface area contributed by atoms with Crippen LogP contribution in [0.1, 0.15) is 18.1 Å². The monoisotopic (exact) mass is 535 g/mol. The molecule has 0 radical (unpaired) electrons. The molecule has 0 bridgehead atoms. The molecule has 2 heterocycles. The first-order chi connectivity index (χ1) is 18.0. The minimum absolute atomic E-state index is 0.107. The summed E-state index contributed by atoms with van der Waals surface area (Å²) in [5, 5.41) is 2.94. The molecule has 2 aromatic heterocycles. The molecular formula is C27H29N5O5S. The molecule has 198 valence electrons. The van der Waals surface area contributed by atoms with Gasteiger partial charge in [-0.15, -0.1) is 0 Å². The second-order valence-corrected chi connectivity index (χ2v) is 10.8. The number of nitrogens with one attached hydrogen (secondary N) is 2. The number of benzene rings is 2. The van der Waals surface area contributed by atoms with E-state index >= 15 is 0 Å². The Morgan fingerprint density at radius 3 is 2.55 bits per heavy atom. The molecule has 4 rings (SSSR count). The molecule has 4 aromatic rings. The molecule has 11 heteroatoms. The van der Waals surface area contributed by atoms with E-state index in [0.717, 1.165) is 5.56 Å². The number of carbonyl (C=O) groups is 1. The van der Waals surface area contributed by atoms with Gasteiger partial charge < -0.3 is 10.1 Å². The molecule has 2 N–H and O–H groups in total. The second-order valence-electron chi connectivity index (χ2n) is 9.10. The molecule has 1 amide bonds. The lowest BCUT2D eigenvalue weighted by atomic mass is 10.0. The molecule has 0 unspecified atom stereocenters. The number of aromatic nitrogens is 3. The molecule has 0 fully saturated rings. The average molecular weight is 536 g/mol. The molecule has 2 aromatic carbocycles. The summed E-state index contributed by atoms with van der Waals surface area (Å²) in [5.74, 6) is -0.486. The first kappa shape index (κ1) is 26.8. The fourth-order valence-corrected chi connectivity index (χ4v) is 5.51. The van der Waals surface area contributed by atoms with E-state index in [1.165, 1.54) is 24.2 Å². The number of methoxy groups -OCH3 is 1. The number of ether oxygens (including phenoxy) is 1. The van der Waals surface area contributed by atoms with Crippen LogP contribution in [0.4, 0.5) is 5.69 Å². The number of pyridine rings is 1. The van der Waals surface area contributed by atoms with Gasteiger partial charge in [0.15, 0.2) is 0 Å². The largest absolute Gasteiger partial charge is 0.480 e. The maximum atomic E-state index is 13.2. The Balaban J connectivity index is 1.74. The summed E-state index contributed by atoms with van der Waals surface area (Å²) in [4.78, 5) is 33.9. The van der Waals surface area contributed by atoms with Crippen LogP contribution in [-0.4, -0.2) is 43.0 Å². The summed E-state index contributed by atoms with van der Waals surface area (Å²) < 4.78 is 35.8. The van der Waals surface area contributed by atoms with Crippen molar-refractivity contribution in [3.05, 3.63) is 76.5 Å². The highest BCUT2D eigenvalue weighted by Crippen LogP contribution is 2.31. The minimum Gasteiger partial charge on any atom is -0.480 e. The quantitative estimate of drug-likeness (QED) is 0.354. The molecule has 1 atom stereocenters. The summed E-state index contributed by atoms with van der Waals surface area (Å²) in [6, 6.07) is 12.0. The van der Waals surface area contributed by atoms with Crippen LogP contribution in [0, 0.1) is 19.8 Å². The molecular weight excluding hydrogens is 506 g/mol. The Hall–Kier alpha value is -4.25. The lowest BCUT2D eigenvalue weighted by Gasteiger charge is -2.15. The number of rotatable bonds is 8. The van der Waals surface area contributed by atoms with Crippen molar-refractivity contribution in [1.29, 1.82) is 0 Å². The van der Waals surface area contributed by atoms with Crippen molar-refractivity contribution in [3.63, 3.8) is 0 Å². The number of carbonyl (C=O) groups excluding carboxylic acids is 1. The highest BCUT2D eigenvalue weighted by atomic mass is 32.2. The second kappa shape index (κ2) is 10.6. The highest BCUT2D eigenvalue weighted by Gasteiger charge is 2.21. The summed E-state index contributed by atoms with van der Waals surface area (Å²) in [6.45, 7) is 5.46. The highest BCUT2D eigenvalue weighted by molar-refractivity contribution is 7.92. The number of hydrogen-bond donors (Lipinski definition) is 2. The van der Waals surface area contributed by atoms with Gasteiger partial charge >= 0.3 is 0 Å². The average Bonchev–Trinajstić information content (AvgIpc) is 2.90. The number of fused-ring (bicyclic) bond motifs is 1. The predicted molar refractivity (Wildman–Crippen MR) is 146 cm³/mol. The molecule has 10 nitrogen and oxygen atoms in total. The molecule has 0 spiro atoms. The van der Waals surface area contributed by atoms with Crippen molar-refractivity contribution in [2.75, 3.05) is 18.9 Å². The first-order valence-electron chi connectivity index (χ1n) is 11.9. The van der Waals surface area contributed by atoms with Crippen LogP contribution >= 0.6 is 0 Å². The van der Waals surface area contributed by atoms with Gasteiger partial charge in [0, 0.05) is 25.4 Å². The summed E-state index contributed by atoms with van der Waals surface area (Å²) in [5.41, 5.74) is 3.00. The van der Waals surface area contributed by atoms with Crippen molar-refractivity contribution in [3.8, 4) is 17.0 Å². The van der Waals surface area contributed by atoms with Gasteiger partial charge in [0.1, 0.15) is 5.69 Å². The number of nitrogens with zero attached hydrogens (tertiary/aromatic N) is 3. The smallest absolute Gasteiger partial charge is 0.262 e. The van der Waals surface area contributed by atoms with Crippen molar-refractivity contribution >= 4 is 32.5 Å². The minimum atomic E-state index is -3.93. The fraction of sp³-hybridized carbons (Fsp3) is 0.259.